The van der Waals surface area contributed by atoms with Crippen molar-refractivity contribution in [3.8, 4) is 0 Å². The molecule has 27 heavy (non-hydrogen) atoms. The SMILES string of the molecule is CCC(Br)(Br)C(Br)(Br)C(Br)(Br)C(Br)(Br)C(Br)(Br)C(Br)(Br)C(Br)(Br)C(Br)(Br)Br. The quantitative estimate of drug-likeness (QED) is 0.223. The minimum atomic E-state index is -0.947. The van der Waals surface area contributed by atoms with E-state index in [-0.39, 0.29) is 0 Å². The standard InChI is InChI=1S/C10H5Br17/c1-2-3(11,12)4(13,14)5(15,16)6(17,18)7(19,20)8(21,22)9(23,24)10(25,26)27/h2H2,1H3. The molecule has 0 N–H and O–H groups in total. The number of halogens is 17. The zero-order valence-corrected chi connectivity index (χ0v) is 39.1. The Morgan fingerprint density at radius 3 is 0.815 bits per heavy atom. The molecule has 164 valence electrons. The largest absolute Gasteiger partial charge is 0.162 e. The summed E-state index contributed by atoms with van der Waals surface area (Å²) in [4.78, 5) is 0. The minimum absolute atomic E-state index is 0.534. The van der Waals surface area contributed by atoms with E-state index in [1.807, 2.05) is 6.92 Å². The van der Waals surface area contributed by atoms with Crippen LogP contribution in [0.15, 0.2) is 0 Å². The van der Waals surface area contributed by atoms with E-state index in [2.05, 4.69) is 271 Å². The molecule has 0 fully saturated rings. The second-order valence-electron chi connectivity index (χ2n) is 5.00. The molecule has 0 radical (unpaired) electrons. The lowest BCUT2D eigenvalue weighted by Crippen LogP contribution is -2.67. The Balaban J connectivity index is 6.65. The highest BCUT2D eigenvalue weighted by Gasteiger charge is 2.77. The molecule has 0 aliphatic heterocycles. The van der Waals surface area contributed by atoms with Gasteiger partial charge >= 0.3 is 0 Å². The molecule has 0 aliphatic carbocycles. The fraction of sp³-hybridized carbons (Fsp3) is 1.00. The Kier molecular flexibility index (Phi) is 15.0. The van der Waals surface area contributed by atoms with Crippen LogP contribution in [0.1, 0.15) is 13.3 Å². The Hall–Kier alpha value is 8.16. The third-order valence-corrected chi connectivity index (χ3v) is 37.7. The summed E-state index contributed by atoms with van der Waals surface area (Å²) in [5.74, 6) is 0. The van der Waals surface area contributed by atoms with Gasteiger partial charge in [-0.3, -0.25) is 0 Å². The first-order valence-electron chi connectivity index (χ1n) is 6.02. The number of rotatable bonds is 7. The molecule has 0 unspecified atom stereocenters. The van der Waals surface area contributed by atoms with Crippen LogP contribution < -0.4 is 0 Å². The maximum absolute atomic E-state index is 3.86. The Labute approximate surface area is 302 Å². The Bertz CT molecular complexity index is 538. The van der Waals surface area contributed by atoms with Crippen molar-refractivity contribution in [2.75, 3.05) is 0 Å². The van der Waals surface area contributed by atoms with Crippen molar-refractivity contribution in [1.82, 2.24) is 0 Å². The van der Waals surface area contributed by atoms with Crippen LogP contribution in [0.25, 0.3) is 0 Å². The molecule has 0 aliphatic rings. The number of hydrogen-bond acceptors (Lipinski definition) is 0. The van der Waals surface area contributed by atoms with Gasteiger partial charge in [0, 0.05) is 0 Å². The van der Waals surface area contributed by atoms with Crippen LogP contribution >= 0.6 is 271 Å². The third-order valence-electron chi connectivity index (χ3n) is 3.23. The molecular formula is C10H5Br17. The number of alkyl halides is 17. The topological polar surface area (TPSA) is 0 Å². The molecule has 0 saturated heterocycles. The van der Waals surface area contributed by atoms with E-state index >= 15 is 0 Å². The predicted octanol–water partition coefficient (Wildman–Crippen LogP) is 13.6. The normalized spacial score (nSPS) is 16.7. The molecule has 0 aromatic carbocycles. The van der Waals surface area contributed by atoms with E-state index in [4.69, 9.17) is 0 Å². The third kappa shape index (κ3) is 6.42. The highest BCUT2D eigenvalue weighted by molar-refractivity contribution is 9.42. The van der Waals surface area contributed by atoms with E-state index in [1.54, 1.807) is 0 Å². The van der Waals surface area contributed by atoms with Gasteiger partial charge in [0.25, 0.3) is 0 Å². The Morgan fingerprint density at radius 1 is 0.370 bits per heavy atom. The van der Waals surface area contributed by atoms with Gasteiger partial charge in [0.1, 0.15) is 22.6 Å². The average Bonchev–Trinajstić information content (AvgIpc) is 2.44. The fourth-order valence-electron chi connectivity index (χ4n) is 1.42. The average molecular weight is 1480 g/mol. The van der Waals surface area contributed by atoms with Gasteiger partial charge in [0.15, 0.2) is 2.14 Å². The molecule has 0 rings (SSSR count). The van der Waals surface area contributed by atoms with Crippen LogP contribution in [0.2, 0.25) is 0 Å². The van der Waals surface area contributed by atoms with Crippen LogP contribution in [0, 0.1) is 0 Å². The van der Waals surface area contributed by atoms with Gasteiger partial charge in [-0.05, 0) is 6.42 Å². The van der Waals surface area contributed by atoms with Gasteiger partial charge in [-0.25, -0.2) is 0 Å². The summed E-state index contributed by atoms with van der Waals surface area (Å²) in [5.41, 5.74) is 0. The molecule has 17 heteroatoms. The second kappa shape index (κ2) is 11.5. The summed E-state index contributed by atoms with van der Waals surface area (Å²) in [6, 6.07) is 0. The van der Waals surface area contributed by atoms with Crippen LogP contribution in [0.5, 0.6) is 0 Å². The number of hydrogen-bond donors (Lipinski definition) is 0. The molecule has 0 spiro atoms. The lowest BCUT2D eigenvalue weighted by Gasteiger charge is -2.57. The summed E-state index contributed by atoms with van der Waals surface area (Å²) < 4.78 is -6.58. The van der Waals surface area contributed by atoms with Crippen LogP contribution in [-0.2, 0) is 0 Å². The summed E-state index contributed by atoms with van der Waals surface area (Å²) in [6.45, 7) is 2.05. The first-order chi connectivity index (χ1) is 11.3. The van der Waals surface area contributed by atoms with Gasteiger partial charge < -0.3 is 0 Å². The highest BCUT2D eigenvalue weighted by atomic mass is 80.0. The van der Waals surface area contributed by atoms with E-state index in [9.17, 15) is 0 Å². The van der Waals surface area contributed by atoms with Gasteiger partial charge in [0.05, 0.1) is 0 Å². The van der Waals surface area contributed by atoms with Crippen molar-refractivity contribution in [2.45, 2.75) is 38.1 Å². The molecule has 0 nitrogen and oxygen atoms in total. The van der Waals surface area contributed by atoms with E-state index < -0.39 is 24.8 Å². The maximum Gasteiger partial charge on any atom is 0.162 e. The van der Waals surface area contributed by atoms with E-state index in [1.165, 1.54) is 0 Å². The smallest absolute Gasteiger partial charge is 0.0701 e. The van der Waals surface area contributed by atoms with Crippen molar-refractivity contribution >= 4 is 271 Å². The summed E-state index contributed by atoms with van der Waals surface area (Å²) in [6.07, 6.45) is 0.748. The minimum Gasteiger partial charge on any atom is -0.0701 e. The lowest BCUT2D eigenvalue weighted by molar-refractivity contribution is 0.573. The Morgan fingerprint density at radius 2 is 0.593 bits per heavy atom. The van der Waals surface area contributed by atoms with Gasteiger partial charge in [-0.1, -0.05) is 278 Å². The fourth-order valence-corrected chi connectivity index (χ4v) is 16.4. The van der Waals surface area contributed by atoms with E-state index in [0.717, 1.165) is 6.42 Å². The van der Waals surface area contributed by atoms with Gasteiger partial charge in [0.2, 0.25) is 0 Å². The van der Waals surface area contributed by atoms with Crippen molar-refractivity contribution in [1.29, 1.82) is 0 Å². The van der Waals surface area contributed by atoms with Crippen molar-refractivity contribution in [3.63, 3.8) is 0 Å². The summed E-state index contributed by atoms with van der Waals surface area (Å²) in [7, 11) is 0. The van der Waals surface area contributed by atoms with Crippen LogP contribution in [0.3, 0.4) is 0 Å². The van der Waals surface area contributed by atoms with Crippen molar-refractivity contribution in [2.24, 2.45) is 0 Å². The van der Waals surface area contributed by atoms with Crippen molar-refractivity contribution < 1.29 is 0 Å². The summed E-state index contributed by atoms with van der Waals surface area (Å²) in [5, 5.41) is 0. The first kappa shape index (κ1) is 35.2. The van der Waals surface area contributed by atoms with Crippen molar-refractivity contribution in [3.05, 3.63) is 0 Å². The monoisotopic (exact) mass is 1470 g/mol. The van der Waals surface area contributed by atoms with E-state index in [0.29, 0.717) is 0 Å². The molecule has 0 atom stereocenters. The van der Waals surface area contributed by atoms with Gasteiger partial charge in [-0.2, -0.15) is 0 Å². The summed E-state index contributed by atoms with van der Waals surface area (Å²) >= 11 is 64.0. The second-order valence-corrected chi connectivity index (χ2v) is 36.2. The zero-order chi connectivity index (χ0) is 22.7. The molecule has 0 aromatic rings. The first-order valence-corrected chi connectivity index (χ1v) is 19.5. The molecule has 0 bridgehead atoms. The van der Waals surface area contributed by atoms with Crippen LogP contribution in [-0.4, -0.2) is 24.8 Å². The molecule has 0 aromatic heterocycles. The zero-order valence-electron chi connectivity index (χ0n) is 12.1. The molecule has 0 amide bonds. The molecule has 0 heterocycles. The lowest BCUT2D eigenvalue weighted by atomic mass is 10.1. The molecule has 0 saturated carbocycles. The van der Waals surface area contributed by atoms with Gasteiger partial charge in [-0.15, -0.1) is 0 Å². The van der Waals surface area contributed by atoms with Crippen LogP contribution in [0.4, 0.5) is 0 Å². The highest BCUT2D eigenvalue weighted by Crippen LogP contribution is 2.78. The predicted molar refractivity (Wildman–Crippen MR) is 184 cm³/mol. The maximum atomic E-state index is 3.86. The molecular weight excluding hydrogens is 1480 g/mol.